The van der Waals surface area contributed by atoms with Gasteiger partial charge in [-0.3, -0.25) is 9.59 Å². The highest BCUT2D eigenvalue weighted by molar-refractivity contribution is 8.18. The van der Waals surface area contributed by atoms with E-state index in [1.54, 1.807) is 0 Å². The van der Waals surface area contributed by atoms with Gasteiger partial charge in [0, 0.05) is 21.3 Å². The van der Waals surface area contributed by atoms with Gasteiger partial charge in [0.1, 0.15) is 0 Å². The molecule has 2 saturated heterocycles. The van der Waals surface area contributed by atoms with Crippen LogP contribution in [0.1, 0.15) is 40.5 Å². The quantitative estimate of drug-likeness (QED) is 0.724. The normalized spacial score (nSPS) is 37.0. The summed E-state index contributed by atoms with van der Waals surface area (Å²) < 4.78 is 0. The van der Waals surface area contributed by atoms with Gasteiger partial charge in [0.25, 0.3) is 0 Å². The lowest BCUT2D eigenvalue weighted by Crippen LogP contribution is -2.21. The van der Waals surface area contributed by atoms with Crippen LogP contribution in [0.3, 0.4) is 0 Å². The van der Waals surface area contributed by atoms with E-state index in [0.717, 1.165) is 12.8 Å². The fourth-order valence-electron chi connectivity index (χ4n) is 2.26. The minimum atomic E-state index is -0.203. The summed E-state index contributed by atoms with van der Waals surface area (Å²) in [5.41, 5.74) is -0.405. The van der Waals surface area contributed by atoms with E-state index in [2.05, 4.69) is 0 Å². The van der Waals surface area contributed by atoms with Crippen molar-refractivity contribution in [1.82, 2.24) is 0 Å². The van der Waals surface area contributed by atoms with E-state index in [-0.39, 0.29) is 21.1 Å². The second-order valence-electron chi connectivity index (χ2n) is 6.06. The second-order valence-corrected chi connectivity index (χ2v) is 8.49. The number of carbonyl (C=O) groups is 2. The summed E-state index contributed by atoms with van der Waals surface area (Å²) in [6.45, 7) is 8.04. The van der Waals surface area contributed by atoms with Gasteiger partial charge in [-0.1, -0.05) is 51.2 Å². The van der Waals surface area contributed by atoms with Gasteiger partial charge in [0.05, 0.1) is 0 Å². The molecule has 0 aromatic carbocycles. The highest BCUT2D eigenvalue weighted by Crippen LogP contribution is 2.52. The molecule has 2 aliphatic heterocycles. The van der Waals surface area contributed by atoms with Gasteiger partial charge in [0.2, 0.25) is 0 Å². The lowest BCUT2D eigenvalue weighted by Gasteiger charge is -2.19. The zero-order valence-electron chi connectivity index (χ0n) is 10.2. The average molecular weight is 258 g/mol. The average Bonchev–Trinajstić information content (AvgIpc) is 2.53. The van der Waals surface area contributed by atoms with E-state index in [4.69, 9.17) is 0 Å². The smallest absolute Gasteiger partial charge is 0.194 e. The zero-order valence-corrected chi connectivity index (χ0v) is 11.8. The highest BCUT2D eigenvalue weighted by Gasteiger charge is 2.49. The van der Waals surface area contributed by atoms with Crippen molar-refractivity contribution in [2.24, 2.45) is 10.8 Å². The van der Waals surface area contributed by atoms with Crippen LogP contribution in [0.4, 0.5) is 0 Å². The van der Waals surface area contributed by atoms with Crippen LogP contribution >= 0.6 is 23.5 Å². The van der Waals surface area contributed by atoms with Gasteiger partial charge in [-0.15, -0.1) is 0 Å². The summed E-state index contributed by atoms with van der Waals surface area (Å²) in [6.07, 6.45) is 1.83. The summed E-state index contributed by atoms with van der Waals surface area (Å²) >= 11 is 2.92. The molecule has 0 radical (unpaired) electrons. The van der Waals surface area contributed by atoms with Crippen molar-refractivity contribution in [3.63, 3.8) is 0 Å². The van der Waals surface area contributed by atoms with Crippen LogP contribution in [-0.4, -0.2) is 20.7 Å². The van der Waals surface area contributed by atoms with Gasteiger partial charge >= 0.3 is 0 Å². The molecule has 90 valence electrons. The van der Waals surface area contributed by atoms with Gasteiger partial charge in [-0.25, -0.2) is 0 Å². The monoisotopic (exact) mass is 258 g/mol. The molecule has 2 nitrogen and oxygen atoms in total. The minimum absolute atomic E-state index is 0.203. The van der Waals surface area contributed by atoms with E-state index in [1.165, 1.54) is 23.5 Å². The molecule has 2 unspecified atom stereocenters. The first-order chi connectivity index (χ1) is 7.22. The molecule has 2 rings (SSSR count). The Bertz CT molecular complexity index is 313. The maximum absolute atomic E-state index is 11.8. The van der Waals surface area contributed by atoms with E-state index < -0.39 is 0 Å². The molecular weight excluding hydrogens is 240 g/mol. The van der Waals surface area contributed by atoms with Gasteiger partial charge in [-0.2, -0.15) is 0 Å². The molecular formula is C12H18O2S2. The van der Waals surface area contributed by atoms with Gasteiger partial charge in [-0.05, 0) is 12.8 Å². The van der Waals surface area contributed by atoms with Crippen molar-refractivity contribution in [3.8, 4) is 0 Å². The highest BCUT2D eigenvalue weighted by atomic mass is 32.2. The lowest BCUT2D eigenvalue weighted by molar-refractivity contribution is -0.118. The Kier molecular flexibility index (Phi) is 2.94. The van der Waals surface area contributed by atoms with Crippen molar-refractivity contribution in [2.45, 2.75) is 51.0 Å². The zero-order chi connectivity index (χ0) is 12.1. The Morgan fingerprint density at radius 2 is 1.19 bits per heavy atom. The predicted molar refractivity (Wildman–Crippen MR) is 69.6 cm³/mol. The maximum Gasteiger partial charge on any atom is 0.194 e. The van der Waals surface area contributed by atoms with Crippen LogP contribution in [0.2, 0.25) is 0 Å². The fourth-order valence-corrected chi connectivity index (χ4v) is 5.45. The van der Waals surface area contributed by atoms with Crippen molar-refractivity contribution >= 4 is 33.8 Å². The first-order valence-electron chi connectivity index (χ1n) is 5.64. The predicted octanol–water partition coefficient (Wildman–Crippen LogP) is 3.10. The number of hydrogen-bond donors (Lipinski definition) is 0. The molecule has 0 amide bonds. The molecule has 0 spiro atoms. The van der Waals surface area contributed by atoms with Crippen molar-refractivity contribution in [3.05, 3.63) is 0 Å². The van der Waals surface area contributed by atoms with Crippen molar-refractivity contribution in [1.29, 1.82) is 0 Å². The molecule has 2 atom stereocenters. The number of hydrogen-bond acceptors (Lipinski definition) is 4. The number of rotatable bonds is 1. The summed E-state index contributed by atoms with van der Waals surface area (Å²) in [5.74, 6) is 0. The summed E-state index contributed by atoms with van der Waals surface area (Å²) in [4.78, 5) is 23.5. The van der Waals surface area contributed by atoms with E-state index in [9.17, 15) is 9.59 Å². The Hall–Kier alpha value is 0.0400. The SMILES string of the molecule is CC1(C)CC(C2CC(C)(C)C(=O)S2)SC1=O. The molecule has 0 aliphatic carbocycles. The van der Waals surface area contributed by atoms with Crippen LogP contribution in [0.15, 0.2) is 0 Å². The topological polar surface area (TPSA) is 34.1 Å². The van der Waals surface area contributed by atoms with Crippen LogP contribution in [0, 0.1) is 10.8 Å². The first-order valence-corrected chi connectivity index (χ1v) is 7.40. The van der Waals surface area contributed by atoms with E-state index >= 15 is 0 Å². The molecule has 2 fully saturated rings. The molecule has 0 aromatic rings. The first kappa shape index (κ1) is 12.5. The molecule has 0 bridgehead atoms. The third kappa shape index (κ3) is 2.06. The summed E-state index contributed by atoms with van der Waals surface area (Å²) in [5, 5.41) is 1.24. The standard InChI is InChI=1S/C12H18O2S2/c1-11(2)5-7(15-9(11)13)8-6-12(3,4)10(14)16-8/h7-8H,5-6H2,1-4H3. The van der Waals surface area contributed by atoms with Crippen molar-refractivity contribution in [2.75, 3.05) is 0 Å². The Morgan fingerprint density at radius 1 is 0.875 bits per heavy atom. The van der Waals surface area contributed by atoms with Crippen molar-refractivity contribution < 1.29 is 9.59 Å². The Morgan fingerprint density at radius 3 is 1.38 bits per heavy atom. The molecule has 2 heterocycles. The van der Waals surface area contributed by atoms with E-state index in [0.29, 0.717) is 10.5 Å². The third-order valence-corrected chi connectivity index (χ3v) is 6.76. The largest absolute Gasteiger partial charge is 0.287 e. The number of thioether (sulfide) groups is 2. The lowest BCUT2D eigenvalue weighted by atomic mass is 9.85. The molecule has 16 heavy (non-hydrogen) atoms. The molecule has 2 aliphatic rings. The van der Waals surface area contributed by atoms with E-state index in [1.807, 2.05) is 27.7 Å². The molecule has 0 aromatic heterocycles. The van der Waals surface area contributed by atoms with Gasteiger partial charge < -0.3 is 0 Å². The molecule has 0 saturated carbocycles. The molecule has 0 N–H and O–H groups in total. The van der Waals surface area contributed by atoms with Crippen LogP contribution in [-0.2, 0) is 9.59 Å². The van der Waals surface area contributed by atoms with Crippen LogP contribution < -0.4 is 0 Å². The number of carbonyl (C=O) groups excluding carboxylic acids is 2. The Balaban J connectivity index is 2.08. The summed E-state index contributed by atoms with van der Waals surface area (Å²) in [7, 11) is 0. The fraction of sp³-hybridized carbons (Fsp3) is 0.833. The second kappa shape index (κ2) is 3.77. The maximum atomic E-state index is 11.8. The van der Waals surface area contributed by atoms with Crippen LogP contribution in [0.5, 0.6) is 0 Å². The van der Waals surface area contributed by atoms with Crippen LogP contribution in [0.25, 0.3) is 0 Å². The van der Waals surface area contributed by atoms with Gasteiger partial charge in [0.15, 0.2) is 10.2 Å². The molecule has 4 heteroatoms. The minimum Gasteiger partial charge on any atom is -0.287 e. The third-order valence-electron chi connectivity index (χ3n) is 3.46. The Labute approximate surface area is 105 Å². The summed E-state index contributed by atoms with van der Waals surface area (Å²) in [6, 6.07) is 0.